The summed E-state index contributed by atoms with van der Waals surface area (Å²) >= 11 is 6.49. The number of anilines is 2. The quantitative estimate of drug-likeness (QED) is 0.896. The summed E-state index contributed by atoms with van der Waals surface area (Å²) in [6, 6.07) is 4.36. The molecule has 0 unspecified atom stereocenters. The molecule has 0 radical (unpaired) electrons. The van der Waals surface area contributed by atoms with Gasteiger partial charge in [-0.05, 0) is 50.1 Å². The smallest absolute Gasteiger partial charge is 0.227 e. The van der Waals surface area contributed by atoms with Gasteiger partial charge in [0.2, 0.25) is 5.95 Å². The largest absolute Gasteiger partial charge is 0.323 e. The number of hydrogen-bond acceptors (Lipinski definition) is 3. The summed E-state index contributed by atoms with van der Waals surface area (Å²) in [4.78, 5) is 8.11. The minimum Gasteiger partial charge on any atom is -0.323 e. The lowest BCUT2D eigenvalue weighted by Gasteiger charge is -2.06. The topological polar surface area (TPSA) is 37.8 Å². The Morgan fingerprint density at radius 1 is 1.12 bits per heavy atom. The van der Waals surface area contributed by atoms with E-state index in [1.807, 2.05) is 0 Å². The second kappa shape index (κ2) is 4.88. The van der Waals surface area contributed by atoms with Crippen LogP contribution < -0.4 is 5.32 Å². The average Bonchev–Trinajstić information content (AvgIpc) is 2.25. The Morgan fingerprint density at radius 3 is 2.44 bits per heavy atom. The number of hydrogen-bond donors (Lipinski definition) is 1. The minimum atomic E-state index is -0.297. The Morgan fingerprint density at radius 2 is 1.81 bits per heavy atom. The van der Waals surface area contributed by atoms with Crippen LogP contribution in [0.1, 0.15) is 0 Å². The van der Waals surface area contributed by atoms with E-state index < -0.39 is 0 Å². The lowest BCUT2D eigenvalue weighted by Crippen LogP contribution is -1.97. The summed E-state index contributed by atoms with van der Waals surface area (Å²) in [5, 5.41) is 2.97. The van der Waals surface area contributed by atoms with E-state index in [2.05, 4.69) is 47.1 Å². The third-order valence-corrected chi connectivity index (χ3v) is 2.86. The highest BCUT2D eigenvalue weighted by Crippen LogP contribution is 2.25. The third-order valence-electron chi connectivity index (χ3n) is 1.80. The van der Waals surface area contributed by atoms with Gasteiger partial charge in [0.1, 0.15) is 5.82 Å². The standard InChI is InChI=1S/C10H6Br2FN3/c11-6-4-14-10(15-5-6)16-9-2-1-7(13)3-8(9)12/h1-5H,(H,14,15,16). The van der Waals surface area contributed by atoms with E-state index in [0.29, 0.717) is 16.1 Å². The number of nitrogens with one attached hydrogen (secondary N) is 1. The van der Waals surface area contributed by atoms with Crippen LogP contribution in [0.4, 0.5) is 16.0 Å². The SMILES string of the molecule is Fc1ccc(Nc2ncc(Br)cn2)c(Br)c1. The van der Waals surface area contributed by atoms with Gasteiger partial charge in [-0.2, -0.15) is 0 Å². The van der Waals surface area contributed by atoms with Crippen LogP contribution in [0.15, 0.2) is 39.5 Å². The molecule has 1 aromatic carbocycles. The molecule has 0 spiro atoms. The lowest BCUT2D eigenvalue weighted by atomic mass is 10.3. The van der Waals surface area contributed by atoms with Crippen molar-refractivity contribution in [3.8, 4) is 0 Å². The van der Waals surface area contributed by atoms with E-state index in [-0.39, 0.29) is 5.82 Å². The van der Waals surface area contributed by atoms with E-state index in [9.17, 15) is 4.39 Å². The summed E-state index contributed by atoms with van der Waals surface area (Å²) in [5.74, 6) is 0.157. The van der Waals surface area contributed by atoms with Crippen LogP contribution in [-0.2, 0) is 0 Å². The van der Waals surface area contributed by atoms with Crippen LogP contribution in [0.2, 0.25) is 0 Å². The normalized spacial score (nSPS) is 10.2. The van der Waals surface area contributed by atoms with Gasteiger partial charge in [-0.3, -0.25) is 0 Å². The molecule has 2 rings (SSSR count). The van der Waals surface area contributed by atoms with Crippen molar-refractivity contribution in [3.05, 3.63) is 45.4 Å². The van der Waals surface area contributed by atoms with Gasteiger partial charge in [0.15, 0.2) is 0 Å². The van der Waals surface area contributed by atoms with Crippen LogP contribution in [-0.4, -0.2) is 9.97 Å². The van der Waals surface area contributed by atoms with Crippen LogP contribution in [0.25, 0.3) is 0 Å². The number of benzene rings is 1. The Hall–Kier alpha value is -1.01. The first kappa shape index (κ1) is 11.5. The lowest BCUT2D eigenvalue weighted by molar-refractivity contribution is 0.627. The molecule has 1 heterocycles. The number of halogens is 3. The average molecular weight is 347 g/mol. The van der Waals surface area contributed by atoms with Crippen molar-refractivity contribution in [2.75, 3.05) is 5.32 Å². The molecule has 0 atom stereocenters. The van der Waals surface area contributed by atoms with Crippen molar-refractivity contribution in [3.63, 3.8) is 0 Å². The van der Waals surface area contributed by atoms with Gasteiger partial charge in [0.05, 0.1) is 10.2 Å². The zero-order valence-corrected chi connectivity index (χ0v) is 11.1. The molecular formula is C10H6Br2FN3. The maximum absolute atomic E-state index is 12.8. The molecule has 0 saturated carbocycles. The van der Waals surface area contributed by atoms with Crippen LogP contribution in [0, 0.1) is 5.82 Å². The Kier molecular flexibility index (Phi) is 3.50. The number of rotatable bonds is 2. The van der Waals surface area contributed by atoms with Crippen molar-refractivity contribution in [2.45, 2.75) is 0 Å². The van der Waals surface area contributed by atoms with Crippen molar-refractivity contribution in [1.82, 2.24) is 9.97 Å². The zero-order chi connectivity index (χ0) is 11.5. The molecule has 0 aliphatic carbocycles. The molecule has 1 aromatic heterocycles. The maximum Gasteiger partial charge on any atom is 0.227 e. The van der Waals surface area contributed by atoms with Gasteiger partial charge in [-0.1, -0.05) is 0 Å². The van der Waals surface area contributed by atoms with Crippen molar-refractivity contribution in [1.29, 1.82) is 0 Å². The molecule has 0 aliphatic heterocycles. The molecule has 0 fully saturated rings. The van der Waals surface area contributed by atoms with Crippen molar-refractivity contribution < 1.29 is 4.39 Å². The van der Waals surface area contributed by atoms with Gasteiger partial charge < -0.3 is 5.32 Å². The Bertz CT molecular complexity index is 502. The van der Waals surface area contributed by atoms with Gasteiger partial charge in [-0.25, -0.2) is 14.4 Å². The summed E-state index contributed by atoms with van der Waals surface area (Å²) in [5.41, 5.74) is 0.712. The highest BCUT2D eigenvalue weighted by Gasteiger charge is 2.03. The highest BCUT2D eigenvalue weighted by molar-refractivity contribution is 9.10. The Labute approximate surface area is 108 Å². The summed E-state index contributed by atoms with van der Waals surface area (Å²) < 4.78 is 14.3. The second-order valence-electron chi connectivity index (χ2n) is 2.97. The first-order valence-corrected chi connectivity index (χ1v) is 5.93. The van der Waals surface area contributed by atoms with E-state index in [0.717, 1.165) is 4.47 Å². The van der Waals surface area contributed by atoms with Crippen molar-refractivity contribution >= 4 is 43.5 Å². The van der Waals surface area contributed by atoms with E-state index in [4.69, 9.17) is 0 Å². The predicted molar refractivity (Wildman–Crippen MR) is 67.1 cm³/mol. The fourth-order valence-corrected chi connectivity index (χ4v) is 1.74. The summed E-state index contributed by atoms with van der Waals surface area (Å²) in [6.45, 7) is 0. The monoisotopic (exact) mass is 345 g/mol. The summed E-state index contributed by atoms with van der Waals surface area (Å²) in [7, 11) is 0. The van der Waals surface area contributed by atoms with Crippen LogP contribution >= 0.6 is 31.9 Å². The molecule has 6 heteroatoms. The van der Waals surface area contributed by atoms with Crippen LogP contribution in [0.3, 0.4) is 0 Å². The molecule has 82 valence electrons. The first-order valence-electron chi connectivity index (χ1n) is 4.35. The molecule has 0 saturated heterocycles. The second-order valence-corrected chi connectivity index (χ2v) is 4.74. The fourth-order valence-electron chi connectivity index (χ4n) is 1.09. The maximum atomic E-state index is 12.8. The molecular weight excluding hydrogens is 341 g/mol. The fraction of sp³-hybridized carbons (Fsp3) is 0. The molecule has 0 bridgehead atoms. The predicted octanol–water partition coefficient (Wildman–Crippen LogP) is 3.88. The van der Waals surface area contributed by atoms with Gasteiger partial charge >= 0.3 is 0 Å². The molecule has 3 nitrogen and oxygen atoms in total. The number of nitrogens with zero attached hydrogens (tertiary/aromatic N) is 2. The summed E-state index contributed by atoms with van der Waals surface area (Å²) in [6.07, 6.45) is 3.26. The van der Waals surface area contributed by atoms with Crippen molar-refractivity contribution in [2.24, 2.45) is 0 Å². The minimum absolute atomic E-state index is 0.297. The van der Waals surface area contributed by atoms with Crippen LogP contribution in [0.5, 0.6) is 0 Å². The van der Waals surface area contributed by atoms with Gasteiger partial charge in [0.25, 0.3) is 0 Å². The first-order chi connectivity index (χ1) is 7.65. The van der Waals surface area contributed by atoms with E-state index >= 15 is 0 Å². The highest BCUT2D eigenvalue weighted by atomic mass is 79.9. The molecule has 1 N–H and O–H groups in total. The molecule has 0 aliphatic rings. The molecule has 16 heavy (non-hydrogen) atoms. The Balaban J connectivity index is 2.23. The molecule has 0 amide bonds. The third kappa shape index (κ3) is 2.76. The molecule has 2 aromatic rings. The van der Waals surface area contributed by atoms with E-state index in [1.54, 1.807) is 18.5 Å². The number of aromatic nitrogens is 2. The zero-order valence-electron chi connectivity index (χ0n) is 7.92. The van der Waals surface area contributed by atoms with Gasteiger partial charge in [0, 0.05) is 16.9 Å². The van der Waals surface area contributed by atoms with E-state index in [1.165, 1.54) is 12.1 Å². The van der Waals surface area contributed by atoms with Gasteiger partial charge in [-0.15, -0.1) is 0 Å².